The Labute approximate surface area is 207 Å². The van der Waals surface area contributed by atoms with Crippen LogP contribution in [0.2, 0.25) is 0 Å². The first-order chi connectivity index (χ1) is 16.1. The molecule has 0 bridgehead atoms. The van der Waals surface area contributed by atoms with Gasteiger partial charge in [-0.1, -0.05) is 156 Å². The molecule has 0 radical (unpaired) electrons. The van der Waals surface area contributed by atoms with Crippen LogP contribution in [-0.4, -0.2) is 12.2 Å². The maximum Gasteiger partial charge on any atom is 0.231 e. The largest absolute Gasteiger partial charge is 0.231 e. The minimum absolute atomic E-state index is 0.750. The summed E-state index contributed by atoms with van der Waals surface area (Å²) in [6.07, 6.45) is 32.3. The van der Waals surface area contributed by atoms with Gasteiger partial charge in [-0.05, 0) is 18.3 Å². The Morgan fingerprint density at radius 2 is 0.667 bits per heavy atom. The summed E-state index contributed by atoms with van der Waals surface area (Å²) < 4.78 is 0. The smallest absolute Gasteiger partial charge is 0.222 e. The number of carbonyl (C=O) groups excluding carboxylic acids is 2. The molecule has 0 aromatic rings. The van der Waals surface area contributed by atoms with Crippen molar-refractivity contribution in [1.82, 2.24) is 0 Å². The van der Waals surface area contributed by atoms with Gasteiger partial charge in [0.05, 0.1) is 0 Å². The predicted octanol–water partition coefficient (Wildman–Crippen LogP) is 10.3. The molecule has 0 amide bonds. The van der Waals surface area contributed by atoms with Crippen LogP contribution in [0.1, 0.15) is 163 Å². The molecule has 0 heterocycles. The lowest BCUT2D eigenvalue weighted by atomic mass is 9.82. The quantitative estimate of drug-likeness (QED) is 0.0944. The fourth-order valence-corrected chi connectivity index (χ4v) is 4.67. The van der Waals surface area contributed by atoms with Crippen LogP contribution in [0.15, 0.2) is 0 Å². The molecule has 4 nitrogen and oxygen atoms in total. The third-order valence-electron chi connectivity index (χ3n) is 6.53. The molecule has 4 heteroatoms. The van der Waals surface area contributed by atoms with Crippen LogP contribution in [0.5, 0.6) is 0 Å². The second-order valence-electron chi connectivity index (χ2n) is 9.57. The Morgan fingerprint density at radius 3 is 0.848 bits per heavy atom. The van der Waals surface area contributed by atoms with Crippen molar-refractivity contribution in [3.8, 4) is 0 Å². The van der Waals surface area contributed by atoms with E-state index in [2.05, 4.69) is 27.7 Å². The zero-order chi connectivity index (χ0) is 25.4. The van der Waals surface area contributed by atoms with Gasteiger partial charge in [-0.3, -0.25) is 0 Å². The summed E-state index contributed by atoms with van der Waals surface area (Å²) in [5.41, 5.74) is 0. The number of isocyanates is 2. The average Bonchev–Trinajstić information content (AvgIpc) is 2.80. The highest BCUT2D eigenvalue weighted by Crippen LogP contribution is 2.30. The Bertz CT molecular complexity index is 352. The Hall–Kier alpha value is -1.24. The summed E-state index contributed by atoms with van der Waals surface area (Å²) in [5.74, 6) is 2.06. The van der Waals surface area contributed by atoms with Crippen LogP contribution in [0, 0.1) is 22.7 Å². The molecular weight excluding hydrogens is 408 g/mol. The van der Waals surface area contributed by atoms with Crippen LogP contribution in [0.25, 0.3) is 0 Å². The predicted molar refractivity (Wildman–Crippen MR) is 143 cm³/mol. The number of nitrogens with one attached hydrogen (secondary N) is 2. The zero-order valence-corrected chi connectivity index (χ0v) is 22.8. The minimum atomic E-state index is 0.750. The third kappa shape index (κ3) is 35.5. The van der Waals surface area contributed by atoms with E-state index in [1.165, 1.54) is 128 Å². The van der Waals surface area contributed by atoms with Crippen molar-refractivity contribution >= 4 is 12.2 Å². The summed E-state index contributed by atoms with van der Waals surface area (Å²) in [7, 11) is 0. The maximum absolute atomic E-state index is 8.35. The molecule has 0 spiro atoms. The van der Waals surface area contributed by atoms with E-state index < -0.39 is 0 Å². The Kier molecular flexibility index (Phi) is 38.9. The van der Waals surface area contributed by atoms with Gasteiger partial charge in [0, 0.05) is 0 Å². The molecule has 0 saturated carbocycles. The normalized spacial score (nSPS) is 10.1. The van der Waals surface area contributed by atoms with E-state index in [1.807, 2.05) is 0 Å². The molecular formula is C29H58N2O2. The van der Waals surface area contributed by atoms with Gasteiger partial charge in [-0.2, -0.15) is 0 Å². The van der Waals surface area contributed by atoms with Crippen molar-refractivity contribution in [2.24, 2.45) is 11.8 Å². The molecule has 0 aliphatic carbocycles. The molecule has 196 valence electrons. The van der Waals surface area contributed by atoms with Gasteiger partial charge in [0.1, 0.15) is 0 Å². The van der Waals surface area contributed by atoms with Crippen molar-refractivity contribution in [2.45, 2.75) is 163 Å². The summed E-state index contributed by atoms with van der Waals surface area (Å²) in [6.45, 7) is 9.35. The minimum Gasteiger partial charge on any atom is -0.222 e. The number of unbranched alkanes of at least 4 members (excludes halogenated alkanes) is 12. The number of rotatable bonds is 22. The highest BCUT2D eigenvalue weighted by atomic mass is 16.1. The lowest BCUT2D eigenvalue weighted by Crippen LogP contribution is -2.10. The van der Waals surface area contributed by atoms with Gasteiger partial charge in [0.2, 0.25) is 12.2 Å². The highest BCUT2D eigenvalue weighted by molar-refractivity contribution is 5.26. The Morgan fingerprint density at radius 1 is 0.455 bits per heavy atom. The molecule has 0 aromatic heterocycles. The molecule has 0 atom stereocenters. The van der Waals surface area contributed by atoms with Crippen molar-refractivity contribution < 1.29 is 9.59 Å². The van der Waals surface area contributed by atoms with Crippen LogP contribution < -0.4 is 0 Å². The van der Waals surface area contributed by atoms with E-state index in [0.717, 1.165) is 24.0 Å². The van der Waals surface area contributed by atoms with Crippen molar-refractivity contribution in [2.75, 3.05) is 0 Å². The van der Waals surface area contributed by atoms with Gasteiger partial charge >= 0.3 is 0 Å². The van der Waals surface area contributed by atoms with Gasteiger partial charge in [0.25, 0.3) is 0 Å². The zero-order valence-electron chi connectivity index (χ0n) is 22.8. The summed E-state index contributed by atoms with van der Waals surface area (Å²) in [4.78, 5) is 16.7. The maximum atomic E-state index is 8.35. The molecule has 0 aliphatic rings. The monoisotopic (exact) mass is 466 g/mol. The Balaban J connectivity index is -0.00000134. The molecule has 0 aliphatic heterocycles. The van der Waals surface area contributed by atoms with Gasteiger partial charge in [0.15, 0.2) is 0 Å². The van der Waals surface area contributed by atoms with Crippen molar-refractivity contribution in [3.63, 3.8) is 0 Å². The fraction of sp³-hybridized carbons (Fsp3) is 0.931. The van der Waals surface area contributed by atoms with E-state index in [-0.39, 0.29) is 0 Å². The van der Waals surface area contributed by atoms with E-state index in [4.69, 9.17) is 20.4 Å². The molecule has 0 rings (SSSR count). The highest BCUT2D eigenvalue weighted by Gasteiger charge is 2.16. The van der Waals surface area contributed by atoms with Crippen molar-refractivity contribution in [1.29, 1.82) is 10.8 Å². The van der Waals surface area contributed by atoms with Gasteiger partial charge in [-0.15, -0.1) is 0 Å². The van der Waals surface area contributed by atoms with Gasteiger partial charge < -0.3 is 0 Å². The molecule has 2 N–H and O–H groups in total. The van der Waals surface area contributed by atoms with Crippen LogP contribution in [0.3, 0.4) is 0 Å². The standard InChI is InChI=1S/C27H56.2CHNO/c1-5-9-13-17-21-26(22-18-14-10-6-2)25-27(23-19-15-11-7-3)24-20-16-12-8-4;2*2-1-3/h26-27H,5-25H2,1-4H3;2*2H. The summed E-state index contributed by atoms with van der Waals surface area (Å²) >= 11 is 0. The lowest BCUT2D eigenvalue weighted by Gasteiger charge is -2.24. The van der Waals surface area contributed by atoms with Gasteiger partial charge in [-0.25, -0.2) is 20.4 Å². The first-order valence-electron chi connectivity index (χ1n) is 14.2. The third-order valence-corrected chi connectivity index (χ3v) is 6.53. The number of hydrogen-bond acceptors (Lipinski definition) is 4. The topological polar surface area (TPSA) is 81.8 Å². The molecule has 0 fully saturated rings. The fourth-order valence-electron chi connectivity index (χ4n) is 4.67. The average molecular weight is 467 g/mol. The van der Waals surface area contributed by atoms with Crippen LogP contribution in [0.4, 0.5) is 0 Å². The molecule has 33 heavy (non-hydrogen) atoms. The van der Waals surface area contributed by atoms with E-state index >= 15 is 0 Å². The summed E-state index contributed by atoms with van der Waals surface area (Å²) in [5, 5.41) is 10.8. The first kappa shape index (κ1) is 36.3. The van der Waals surface area contributed by atoms with Crippen molar-refractivity contribution in [3.05, 3.63) is 0 Å². The summed E-state index contributed by atoms with van der Waals surface area (Å²) in [6, 6.07) is 0. The van der Waals surface area contributed by atoms with E-state index in [9.17, 15) is 0 Å². The lowest BCUT2D eigenvalue weighted by molar-refractivity contribution is 0.283. The SMILES string of the molecule is CCCCCCC(CCCCCC)CC(CCCCCC)CCCCCC.N=C=O.N=C=O. The van der Waals surface area contributed by atoms with E-state index in [1.54, 1.807) is 6.42 Å². The van der Waals surface area contributed by atoms with E-state index in [0.29, 0.717) is 0 Å². The van der Waals surface area contributed by atoms with Crippen LogP contribution in [-0.2, 0) is 9.59 Å². The molecule has 0 unspecified atom stereocenters. The first-order valence-corrected chi connectivity index (χ1v) is 14.2. The molecule has 0 saturated heterocycles. The second kappa shape index (κ2) is 35.4. The van der Waals surface area contributed by atoms with Crippen LogP contribution >= 0.6 is 0 Å². The number of hydrogen-bond donors (Lipinski definition) is 2. The second-order valence-corrected chi connectivity index (χ2v) is 9.57. The molecule has 0 aromatic carbocycles.